The van der Waals surface area contributed by atoms with Crippen molar-refractivity contribution >= 4 is 23.3 Å². The lowest BCUT2D eigenvalue weighted by Crippen LogP contribution is -2.24. The Hall–Kier alpha value is -2.00. The second-order valence-electron chi connectivity index (χ2n) is 5.11. The molecule has 1 N–H and O–H groups in total. The Labute approximate surface area is 129 Å². The molecule has 0 fully saturated rings. The van der Waals surface area contributed by atoms with Crippen LogP contribution >= 0.6 is 11.6 Å². The van der Waals surface area contributed by atoms with Gasteiger partial charge in [0.25, 0.3) is 0 Å². The quantitative estimate of drug-likeness (QED) is 0.901. The molecular formula is C17H18ClNO2. The fourth-order valence-electron chi connectivity index (χ4n) is 2.46. The number of hydrogen-bond donors (Lipinski definition) is 1. The highest BCUT2D eigenvalue weighted by Gasteiger charge is 2.20. The molecule has 0 amide bonds. The number of aryl methyl sites for hydroxylation is 1. The molecule has 1 unspecified atom stereocenters. The minimum absolute atomic E-state index is 0.0430. The maximum atomic E-state index is 11.4. The van der Waals surface area contributed by atoms with E-state index < -0.39 is 5.97 Å². The molecule has 110 valence electrons. The standard InChI is InChI=1S/C17H18ClNO2/c1-11-5-4-6-15(17(20)21)16(11)19(3)12(2)13-7-9-14(18)10-8-13/h4-10,12H,1-3H3,(H,20,21). The molecule has 1 atom stereocenters. The number of rotatable bonds is 4. The topological polar surface area (TPSA) is 40.5 Å². The lowest BCUT2D eigenvalue weighted by Gasteiger charge is -2.30. The zero-order valence-electron chi connectivity index (χ0n) is 12.3. The van der Waals surface area contributed by atoms with Crippen LogP contribution in [0.15, 0.2) is 42.5 Å². The number of anilines is 1. The van der Waals surface area contributed by atoms with Gasteiger partial charge in [-0.15, -0.1) is 0 Å². The number of carboxylic acids is 1. The molecule has 0 aromatic heterocycles. The van der Waals surface area contributed by atoms with Crippen LogP contribution in [0.2, 0.25) is 5.02 Å². The third-order valence-corrected chi connectivity index (χ3v) is 4.01. The van der Waals surface area contributed by atoms with Gasteiger partial charge in [0.15, 0.2) is 0 Å². The molecule has 2 aromatic carbocycles. The van der Waals surface area contributed by atoms with Gasteiger partial charge in [-0.1, -0.05) is 35.9 Å². The molecule has 0 spiro atoms. The number of carbonyl (C=O) groups is 1. The van der Waals surface area contributed by atoms with E-state index in [2.05, 4.69) is 0 Å². The minimum Gasteiger partial charge on any atom is -0.478 e. The zero-order chi connectivity index (χ0) is 15.6. The Balaban J connectivity index is 2.42. The molecule has 2 rings (SSSR count). The van der Waals surface area contributed by atoms with Crippen LogP contribution in [-0.2, 0) is 0 Å². The van der Waals surface area contributed by atoms with Crippen LogP contribution in [0.4, 0.5) is 5.69 Å². The van der Waals surface area contributed by atoms with Crippen molar-refractivity contribution in [1.29, 1.82) is 0 Å². The number of nitrogens with zero attached hydrogens (tertiary/aromatic N) is 1. The van der Waals surface area contributed by atoms with Gasteiger partial charge in [-0.25, -0.2) is 4.79 Å². The lowest BCUT2D eigenvalue weighted by atomic mass is 10.0. The summed E-state index contributed by atoms with van der Waals surface area (Å²) >= 11 is 5.91. The number of hydrogen-bond acceptors (Lipinski definition) is 2. The van der Waals surface area contributed by atoms with Crippen LogP contribution in [0.3, 0.4) is 0 Å². The molecule has 0 bridgehead atoms. The Morgan fingerprint density at radius 2 is 1.81 bits per heavy atom. The van der Waals surface area contributed by atoms with Gasteiger partial charge >= 0.3 is 5.97 Å². The molecule has 2 aromatic rings. The van der Waals surface area contributed by atoms with Crippen molar-refractivity contribution in [2.24, 2.45) is 0 Å². The van der Waals surface area contributed by atoms with Crippen molar-refractivity contribution < 1.29 is 9.90 Å². The number of aromatic carboxylic acids is 1. The van der Waals surface area contributed by atoms with Crippen LogP contribution in [0, 0.1) is 6.92 Å². The largest absolute Gasteiger partial charge is 0.478 e. The monoisotopic (exact) mass is 303 g/mol. The van der Waals surface area contributed by atoms with E-state index in [4.69, 9.17) is 11.6 Å². The fraction of sp³-hybridized carbons (Fsp3) is 0.235. The lowest BCUT2D eigenvalue weighted by molar-refractivity contribution is 0.0697. The summed E-state index contributed by atoms with van der Waals surface area (Å²) in [6.07, 6.45) is 0. The molecule has 0 saturated carbocycles. The van der Waals surface area contributed by atoms with E-state index in [9.17, 15) is 9.90 Å². The highest BCUT2D eigenvalue weighted by Crippen LogP contribution is 2.31. The Bertz CT molecular complexity index is 652. The van der Waals surface area contributed by atoms with Crippen molar-refractivity contribution in [1.82, 2.24) is 0 Å². The van der Waals surface area contributed by atoms with Crippen LogP contribution < -0.4 is 4.90 Å². The summed E-state index contributed by atoms with van der Waals surface area (Å²) in [6, 6.07) is 13.0. The normalized spacial score (nSPS) is 12.0. The molecule has 0 saturated heterocycles. The van der Waals surface area contributed by atoms with Gasteiger partial charge in [-0.05, 0) is 43.2 Å². The second-order valence-corrected chi connectivity index (χ2v) is 5.55. The van der Waals surface area contributed by atoms with Crippen molar-refractivity contribution in [2.45, 2.75) is 19.9 Å². The van der Waals surface area contributed by atoms with E-state index in [1.165, 1.54) is 0 Å². The zero-order valence-corrected chi connectivity index (χ0v) is 13.1. The van der Waals surface area contributed by atoms with Crippen molar-refractivity contribution in [3.63, 3.8) is 0 Å². The van der Waals surface area contributed by atoms with Gasteiger partial charge in [0.05, 0.1) is 17.3 Å². The van der Waals surface area contributed by atoms with Crippen molar-refractivity contribution in [2.75, 3.05) is 11.9 Å². The van der Waals surface area contributed by atoms with E-state index in [0.29, 0.717) is 10.6 Å². The van der Waals surface area contributed by atoms with E-state index in [0.717, 1.165) is 16.8 Å². The van der Waals surface area contributed by atoms with Gasteiger partial charge in [0.1, 0.15) is 0 Å². The molecule has 0 radical (unpaired) electrons. The molecule has 4 heteroatoms. The van der Waals surface area contributed by atoms with Gasteiger partial charge < -0.3 is 10.0 Å². The highest BCUT2D eigenvalue weighted by atomic mass is 35.5. The Kier molecular flexibility index (Phi) is 4.53. The predicted molar refractivity (Wildman–Crippen MR) is 86.4 cm³/mol. The molecule has 0 heterocycles. The highest BCUT2D eigenvalue weighted by molar-refractivity contribution is 6.30. The average molecular weight is 304 g/mol. The SMILES string of the molecule is Cc1cccc(C(=O)O)c1N(C)C(C)c1ccc(Cl)cc1. The third kappa shape index (κ3) is 3.19. The maximum absolute atomic E-state index is 11.4. The molecule has 0 aliphatic rings. The van der Waals surface area contributed by atoms with Gasteiger partial charge in [0.2, 0.25) is 0 Å². The van der Waals surface area contributed by atoms with Gasteiger partial charge in [-0.2, -0.15) is 0 Å². The van der Waals surface area contributed by atoms with Crippen LogP contribution in [0.1, 0.15) is 34.5 Å². The summed E-state index contributed by atoms with van der Waals surface area (Å²) in [5.74, 6) is -0.913. The van der Waals surface area contributed by atoms with E-state index in [1.54, 1.807) is 12.1 Å². The van der Waals surface area contributed by atoms with E-state index in [-0.39, 0.29) is 6.04 Å². The molecule has 3 nitrogen and oxygen atoms in total. The molecular weight excluding hydrogens is 286 g/mol. The van der Waals surface area contributed by atoms with Crippen LogP contribution in [-0.4, -0.2) is 18.1 Å². The van der Waals surface area contributed by atoms with Crippen LogP contribution in [0.5, 0.6) is 0 Å². The summed E-state index contributed by atoms with van der Waals surface area (Å²) in [5, 5.41) is 10.1. The Morgan fingerprint density at radius 1 is 1.19 bits per heavy atom. The van der Waals surface area contributed by atoms with Crippen molar-refractivity contribution in [3.8, 4) is 0 Å². The second kappa shape index (κ2) is 6.19. The molecule has 21 heavy (non-hydrogen) atoms. The molecule has 0 aliphatic carbocycles. The van der Waals surface area contributed by atoms with E-state index in [1.807, 2.05) is 56.1 Å². The number of halogens is 1. The first-order valence-electron chi connectivity index (χ1n) is 6.73. The van der Waals surface area contributed by atoms with Crippen LogP contribution in [0.25, 0.3) is 0 Å². The number of para-hydroxylation sites is 1. The summed E-state index contributed by atoms with van der Waals surface area (Å²) < 4.78 is 0. The number of benzene rings is 2. The average Bonchev–Trinajstić information content (AvgIpc) is 2.46. The molecule has 0 aliphatic heterocycles. The van der Waals surface area contributed by atoms with Crippen molar-refractivity contribution in [3.05, 3.63) is 64.2 Å². The van der Waals surface area contributed by atoms with Gasteiger partial charge in [-0.3, -0.25) is 0 Å². The third-order valence-electron chi connectivity index (χ3n) is 3.75. The maximum Gasteiger partial charge on any atom is 0.337 e. The minimum atomic E-state index is -0.913. The first kappa shape index (κ1) is 15.4. The Morgan fingerprint density at radius 3 is 2.38 bits per heavy atom. The summed E-state index contributed by atoms with van der Waals surface area (Å²) in [6.45, 7) is 3.97. The number of carboxylic acid groups (broad SMARTS) is 1. The van der Waals surface area contributed by atoms with E-state index >= 15 is 0 Å². The first-order chi connectivity index (χ1) is 9.91. The summed E-state index contributed by atoms with van der Waals surface area (Å²) in [7, 11) is 1.91. The first-order valence-corrected chi connectivity index (χ1v) is 7.11. The van der Waals surface area contributed by atoms with Gasteiger partial charge in [0, 0.05) is 12.1 Å². The fourth-order valence-corrected chi connectivity index (χ4v) is 2.58. The predicted octanol–water partition coefficient (Wildman–Crippen LogP) is 4.54. The smallest absolute Gasteiger partial charge is 0.337 e. The summed E-state index contributed by atoms with van der Waals surface area (Å²) in [5.41, 5.74) is 3.09. The summed E-state index contributed by atoms with van der Waals surface area (Å²) in [4.78, 5) is 13.4.